The van der Waals surface area contributed by atoms with E-state index in [0.29, 0.717) is 6.04 Å². The highest BCUT2D eigenvalue weighted by Crippen LogP contribution is 2.34. The maximum atomic E-state index is 12.8. The molecule has 0 saturated heterocycles. The van der Waals surface area contributed by atoms with Crippen LogP contribution < -0.4 is 10.6 Å². The largest absolute Gasteiger partial charge is 0.356 e. The van der Waals surface area contributed by atoms with Crippen LogP contribution in [-0.2, 0) is 6.42 Å². The molecule has 0 aromatic heterocycles. The smallest absolute Gasteiger partial charge is 0.191 e. The number of nitrogens with one attached hydrogen (secondary N) is 2. The fourth-order valence-electron chi connectivity index (χ4n) is 2.46. The Morgan fingerprint density at radius 1 is 1.33 bits per heavy atom. The van der Waals surface area contributed by atoms with Gasteiger partial charge in [0.15, 0.2) is 5.96 Å². The molecule has 0 heterocycles. The molecule has 1 saturated carbocycles. The van der Waals surface area contributed by atoms with Crippen molar-refractivity contribution in [3.05, 3.63) is 35.6 Å². The average Bonchev–Trinajstić information content (AvgIpc) is 3.18. The van der Waals surface area contributed by atoms with Crippen molar-refractivity contribution < 1.29 is 4.39 Å². The molecule has 1 aromatic rings. The number of guanidine groups is 1. The second kappa shape index (κ2) is 9.23. The van der Waals surface area contributed by atoms with Crippen molar-refractivity contribution in [2.75, 3.05) is 13.6 Å². The zero-order valence-corrected chi connectivity index (χ0v) is 15.1. The van der Waals surface area contributed by atoms with E-state index in [4.69, 9.17) is 0 Å². The molecule has 1 aliphatic carbocycles. The molecule has 118 valence electrons. The normalized spacial score (nSPS) is 20.6. The van der Waals surface area contributed by atoms with Gasteiger partial charge in [-0.25, -0.2) is 4.39 Å². The molecule has 2 atom stereocenters. The van der Waals surface area contributed by atoms with E-state index in [1.54, 1.807) is 7.05 Å². The summed E-state index contributed by atoms with van der Waals surface area (Å²) in [4.78, 5) is 4.24. The van der Waals surface area contributed by atoms with Crippen molar-refractivity contribution in [3.63, 3.8) is 0 Å². The number of benzene rings is 1. The molecule has 2 N–H and O–H groups in total. The molecule has 0 aliphatic heterocycles. The van der Waals surface area contributed by atoms with E-state index in [1.165, 1.54) is 31.4 Å². The molecule has 1 fully saturated rings. The van der Waals surface area contributed by atoms with E-state index >= 15 is 0 Å². The summed E-state index contributed by atoms with van der Waals surface area (Å²) in [7, 11) is 1.80. The molecule has 5 heteroatoms. The zero-order valence-electron chi connectivity index (χ0n) is 12.7. The molecule has 0 spiro atoms. The van der Waals surface area contributed by atoms with Crippen LogP contribution in [0, 0.1) is 11.7 Å². The number of hydrogen-bond acceptors (Lipinski definition) is 1. The molecule has 1 aliphatic rings. The zero-order chi connectivity index (χ0) is 14.4. The van der Waals surface area contributed by atoms with Gasteiger partial charge in [0.05, 0.1) is 0 Å². The predicted octanol–water partition coefficient (Wildman–Crippen LogP) is 3.34. The van der Waals surface area contributed by atoms with Crippen LogP contribution in [0.15, 0.2) is 29.3 Å². The standard InChI is InChI=1S/C16H24FN3.HI/c1-3-4-13-11-15(13)20-16(18-2)19-10-9-12-5-7-14(17)8-6-12;/h5-8,13,15H,3-4,9-11H2,1-2H3,(H2,18,19,20);1H. The van der Waals surface area contributed by atoms with Crippen LogP contribution in [0.4, 0.5) is 4.39 Å². The summed E-state index contributed by atoms with van der Waals surface area (Å²) in [6.07, 6.45) is 4.67. The molecular formula is C16H25FIN3. The Kier molecular flexibility index (Phi) is 8.00. The summed E-state index contributed by atoms with van der Waals surface area (Å²) >= 11 is 0. The highest BCUT2D eigenvalue weighted by Gasteiger charge is 2.36. The molecular weight excluding hydrogens is 380 g/mol. The molecule has 0 amide bonds. The first-order valence-corrected chi connectivity index (χ1v) is 7.44. The van der Waals surface area contributed by atoms with E-state index in [0.717, 1.165) is 30.4 Å². The van der Waals surface area contributed by atoms with Gasteiger partial charge in [0.2, 0.25) is 0 Å². The lowest BCUT2D eigenvalue weighted by atomic mass is 10.1. The lowest BCUT2D eigenvalue weighted by molar-refractivity contribution is 0.626. The summed E-state index contributed by atoms with van der Waals surface area (Å²) in [5, 5.41) is 6.76. The summed E-state index contributed by atoms with van der Waals surface area (Å²) in [5.74, 6) is 1.50. The molecule has 2 unspecified atom stereocenters. The number of rotatable bonds is 6. The van der Waals surface area contributed by atoms with Crippen molar-refractivity contribution in [1.29, 1.82) is 0 Å². The Morgan fingerprint density at radius 2 is 2.05 bits per heavy atom. The van der Waals surface area contributed by atoms with Gasteiger partial charge in [-0.3, -0.25) is 4.99 Å². The van der Waals surface area contributed by atoms with E-state index in [-0.39, 0.29) is 29.8 Å². The Morgan fingerprint density at radius 3 is 2.67 bits per heavy atom. The topological polar surface area (TPSA) is 36.4 Å². The Hall–Kier alpha value is -0.850. The van der Waals surface area contributed by atoms with Crippen LogP contribution in [0.1, 0.15) is 31.7 Å². The minimum atomic E-state index is -0.185. The molecule has 1 aromatic carbocycles. The summed E-state index contributed by atoms with van der Waals surface area (Å²) in [6.45, 7) is 3.03. The third kappa shape index (κ3) is 6.20. The number of nitrogens with zero attached hydrogens (tertiary/aromatic N) is 1. The minimum Gasteiger partial charge on any atom is -0.356 e. The van der Waals surface area contributed by atoms with Gasteiger partial charge >= 0.3 is 0 Å². The fraction of sp³-hybridized carbons (Fsp3) is 0.562. The van der Waals surface area contributed by atoms with Gasteiger partial charge in [-0.2, -0.15) is 0 Å². The van der Waals surface area contributed by atoms with Gasteiger partial charge in [-0.1, -0.05) is 25.5 Å². The first kappa shape index (κ1) is 18.2. The highest BCUT2D eigenvalue weighted by molar-refractivity contribution is 14.0. The van der Waals surface area contributed by atoms with Gasteiger partial charge < -0.3 is 10.6 Å². The molecule has 0 radical (unpaired) electrons. The maximum absolute atomic E-state index is 12.8. The minimum absolute atomic E-state index is 0. The van der Waals surface area contributed by atoms with Crippen molar-refractivity contribution in [2.24, 2.45) is 10.9 Å². The summed E-state index contributed by atoms with van der Waals surface area (Å²) < 4.78 is 12.8. The second-order valence-corrected chi connectivity index (χ2v) is 5.41. The Balaban J connectivity index is 0.00000220. The maximum Gasteiger partial charge on any atom is 0.191 e. The van der Waals surface area contributed by atoms with Gasteiger partial charge in [0, 0.05) is 19.6 Å². The lowest BCUT2D eigenvalue weighted by Crippen LogP contribution is -2.40. The monoisotopic (exact) mass is 405 g/mol. The summed E-state index contributed by atoms with van der Waals surface area (Å²) in [5.41, 5.74) is 1.13. The molecule has 3 nitrogen and oxygen atoms in total. The van der Waals surface area contributed by atoms with Crippen LogP contribution >= 0.6 is 24.0 Å². The van der Waals surface area contributed by atoms with Crippen molar-refractivity contribution >= 4 is 29.9 Å². The van der Waals surface area contributed by atoms with Crippen LogP contribution in [0.3, 0.4) is 0 Å². The third-order valence-corrected chi connectivity index (χ3v) is 3.75. The van der Waals surface area contributed by atoms with Gasteiger partial charge in [0.1, 0.15) is 5.82 Å². The fourth-order valence-corrected chi connectivity index (χ4v) is 2.46. The SMILES string of the molecule is CCCC1CC1NC(=NC)NCCc1ccc(F)cc1.I. The lowest BCUT2D eigenvalue weighted by Gasteiger charge is -2.11. The van der Waals surface area contributed by atoms with Gasteiger partial charge in [-0.05, 0) is 42.9 Å². The van der Waals surface area contributed by atoms with Crippen molar-refractivity contribution in [2.45, 2.75) is 38.6 Å². The molecule has 0 bridgehead atoms. The Bertz CT molecular complexity index is 447. The third-order valence-electron chi connectivity index (χ3n) is 3.75. The number of halogens is 2. The first-order chi connectivity index (χ1) is 9.72. The second-order valence-electron chi connectivity index (χ2n) is 5.41. The summed E-state index contributed by atoms with van der Waals surface area (Å²) in [6, 6.07) is 7.24. The van der Waals surface area contributed by atoms with E-state index < -0.39 is 0 Å². The van der Waals surface area contributed by atoms with E-state index in [1.807, 2.05) is 12.1 Å². The average molecular weight is 405 g/mol. The predicted molar refractivity (Wildman–Crippen MR) is 96.8 cm³/mol. The number of aliphatic imine (C=N–C) groups is 1. The van der Waals surface area contributed by atoms with E-state index in [2.05, 4.69) is 22.5 Å². The van der Waals surface area contributed by atoms with Crippen LogP contribution in [-0.4, -0.2) is 25.6 Å². The van der Waals surface area contributed by atoms with Crippen molar-refractivity contribution in [3.8, 4) is 0 Å². The van der Waals surface area contributed by atoms with Crippen molar-refractivity contribution in [1.82, 2.24) is 10.6 Å². The van der Waals surface area contributed by atoms with Gasteiger partial charge in [0.25, 0.3) is 0 Å². The van der Waals surface area contributed by atoms with E-state index in [9.17, 15) is 4.39 Å². The molecule has 2 rings (SSSR count). The van der Waals surface area contributed by atoms with Crippen LogP contribution in [0.5, 0.6) is 0 Å². The quantitative estimate of drug-likeness (QED) is 0.433. The van der Waals surface area contributed by atoms with Crippen LogP contribution in [0.2, 0.25) is 0 Å². The number of hydrogen-bond donors (Lipinski definition) is 2. The van der Waals surface area contributed by atoms with Gasteiger partial charge in [-0.15, -0.1) is 24.0 Å². The highest BCUT2D eigenvalue weighted by atomic mass is 127. The van der Waals surface area contributed by atoms with Crippen LogP contribution in [0.25, 0.3) is 0 Å². The molecule has 21 heavy (non-hydrogen) atoms. The first-order valence-electron chi connectivity index (χ1n) is 7.44. The Labute approximate surface area is 143 Å².